The number of likely N-dealkylation sites (N-methyl/N-ethyl adjacent to an activating group) is 1. The highest BCUT2D eigenvalue weighted by molar-refractivity contribution is 5.85. The zero-order valence-electron chi connectivity index (χ0n) is 10.6. The van der Waals surface area contributed by atoms with E-state index in [1.807, 2.05) is 12.1 Å². The van der Waals surface area contributed by atoms with Gasteiger partial charge in [0.2, 0.25) is 0 Å². The van der Waals surface area contributed by atoms with Gasteiger partial charge in [-0.3, -0.25) is 9.88 Å². The fourth-order valence-electron chi connectivity index (χ4n) is 2.02. The first-order valence-corrected chi connectivity index (χ1v) is 5.55. The van der Waals surface area contributed by atoms with Crippen LogP contribution in [0.2, 0.25) is 0 Å². The molecule has 2 rings (SSSR count). The van der Waals surface area contributed by atoms with Crippen LogP contribution in [0, 0.1) is 0 Å². The average molecular weight is 295 g/mol. The number of ether oxygens (including phenoxy) is 2. The summed E-state index contributed by atoms with van der Waals surface area (Å²) < 4.78 is 11.0. The molecule has 0 saturated carbocycles. The normalized spacial score (nSPS) is 23.0. The van der Waals surface area contributed by atoms with Gasteiger partial charge >= 0.3 is 0 Å². The van der Waals surface area contributed by atoms with Gasteiger partial charge < -0.3 is 9.47 Å². The fourth-order valence-corrected chi connectivity index (χ4v) is 2.02. The van der Waals surface area contributed by atoms with Crippen LogP contribution in [0.15, 0.2) is 24.5 Å². The van der Waals surface area contributed by atoms with Crippen LogP contribution in [0.3, 0.4) is 0 Å². The molecule has 0 aromatic carbocycles. The molecule has 0 unspecified atom stereocenters. The minimum Gasteiger partial charge on any atom is -0.490 e. The Hall–Kier alpha value is -0.550. The molecule has 1 fully saturated rings. The zero-order valence-corrected chi connectivity index (χ0v) is 12.2. The molecule has 1 aromatic rings. The van der Waals surface area contributed by atoms with E-state index in [-0.39, 0.29) is 24.8 Å². The Bertz CT molecular complexity index is 327. The van der Waals surface area contributed by atoms with Crippen molar-refractivity contribution in [1.82, 2.24) is 9.88 Å². The summed E-state index contributed by atoms with van der Waals surface area (Å²) in [5.41, 5.74) is 0. The maximum absolute atomic E-state index is 5.69. The van der Waals surface area contributed by atoms with Gasteiger partial charge in [-0.15, -0.1) is 24.8 Å². The van der Waals surface area contributed by atoms with Crippen molar-refractivity contribution < 1.29 is 9.47 Å². The second-order valence-electron chi connectivity index (χ2n) is 4.19. The Balaban J connectivity index is 0.00000144. The summed E-state index contributed by atoms with van der Waals surface area (Å²) in [5, 5.41) is 0. The number of pyridine rings is 1. The summed E-state index contributed by atoms with van der Waals surface area (Å²) in [4.78, 5) is 6.30. The topological polar surface area (TPSA) is 34.6 Å². The Morgan fingerprint density at radius 1 is 1.44 bits per heavy atom. The first-order chi connectivity index (χ1) is 7.79. The molecule has 18 heavy (non-hydrogen) atoms. The standard InChI is InChI=1S/C12H18N2O2.2ClH/c1-14-8-12(15-2)6-10(14)9-16-11-4-3-5-13-7-11;;/h3-5,7,10,12H,6,8-9H2,1-2H3;2*1H/t10-,12+;;/m0../s1. The minimum absolute atomic E-state index is 0. The maximum Gasteiger partial charge on any atom is 0.137 e. The molecule has 1 aliphatic rings. The van der Waals surface area contributed by atoms with E-state index >= 15 is 0 Å². The van der Waals surface area contributed by atoms with Crippen molar-refractivity contribution in [2.45, 2.75) is 18.6 Å². The Morgan fingerprint density at radius 3 is 2.78 bits per heavy atom. The third-order valence-corrected chi connectivity index (χ3v) is 3.06. The van der Waals surface area contributed by atoms with Crippen LogP contribution in [0.25, 0.3) is 0 Å². The van der Waals surface area contributed by atoms with E-state index in [9.17, 15) is 0 Å². The van der Waals surface area contributed by atoms with Crippen molar-refractivity contribution in [3.05, 3.63) is 24.5 Å². The highest BCUT2D eigenvalue weighted by atomic mass is 35.5. The molecule has 104 valence electrons. The smallest absolute Gasteiger partial charge is 0.137 e. The number of aromatic nitrogens is 1. The first-order valence-electron chi connectivity index (χ1n) is 5.55. The lowest BCUT2D eigenvalue weighted by Gasteiger charge is -2.18. The highest BCUT2D eigenvalue weighted by Crippen LogP contribution is 2.19. The average Bonchev–Trinajstić information content (AvgIpc) is 2.69. The summed E-state index contributed by atoms with van der Waals surface area (Å²) in [6, 6.07) is 4.24. The fraction of sp³-hybridized carbons (Fsp3) is 0.583. The van der Waals surface area contributed by atoms with Gasteiger partial charge in [-0.1, -0.05) is 0 Å². The molecule has 2 heterocycles. The lowest BCUT2D eigenvalue weighted by atomic mass is 10.2. The van der Waals surface area contributed by atoms with E-state index < -0.39 is 0 Å². The molecular formula is C12H20Cl2N2O2. The largest absolute Gasteiger partial charge is 0.490 e. The van der Waals surface area contributed by atoms with Crippen molar-refractivity contribution in [3.63, 3.8) is 0 Å². The molecule has 1 aliphatic heterocycles. The molecule has 0 N–H and O–H groups in total. The Kier molecular flexibility index (Phi) is 8.27. The van der Waals surface area contributed by atoms with Gasteiger partial charge in [-0.2, -0.15) is 0 Å². The summed E-state index contributed by atoms with van der Waals surface area (Å²) in [6.07, 6.45) is 4.86. The van der Waals surface area contributed by atoms with Crippen LogP contribution in [-0.2, 0) is 4.74 Å². The Morgan fingerprint density at radius 2 is 2.22 bits per heavy atom. The highest BCUT2D eigenvalue weighted by Gasteiger charge is 2.29. The van der Waals surface area contributed by atoms with E-state index in [1.165, 1.54) is 0 Å². The number of nitrogens with zero attached hydrogens (tertiary/aromatic N) is 2. The van der Waals surface area contributed by atoms with Crippen molar-refractivity contribution in [3.8, 4) is 5.75 Å². The Labute approximate surface area is 120 Å². The van der Waals surface area contributed by atoms with Gasteiger partial charge in [0.05, 0.1) is 12.3 Å². The quantitative estimate of drug-likeness (QED) is 0.851. The minimum atomic E-state index is 0. The van der Waals surface area contributed by atoms with Crippen LogP contribution in [0.5, 0.6) is 5.75 Å². The second-order valence-corrected chi connectivity index (χ2v) is 4.19. The molecule has 6 heteroatoms. The molecule has 0 bridgehead atoms. The zero-order chi connectivity index (χ0) is 11.4. The number of hydrogen-bond donors (Lipinski definition) is 0. The SMILES string of the molecule is CO[C@@H]1C[C@@H](COc2cccnc2)N(C)C1.Cl.Cl. The van der Waals surface area contributed by atoms with Gasteiger partial charge in [0, 0.05) is 25.9 Å². The molecule has 1 saturated heterocycles. The first kappa shape index (κ1) is 17.4. The number of rotatable bonds is 4. The van der Waals surface area contributed by atoms with Gasteiger partial charge in [-0.25, -0.2) is 0 Å². The third kappa shape index (κ3) is 4.61. The van der Waals surface area contributed by atoms with E-state index in [0.29, 0.717) is 18.8 Å². The lowest BCUT2D eigenvalue weighted by Crippen LogP contribution is -2.30. The van der Waals surface area contributed by atoms with E-state index in [1.54, 1.807) is 19.5 Å². The molecule has 0 spiro atoms. The summed E-state index contributed by atoms with van der Waals surface area (Å²) in [6.45, 7) is 1.68. The van der Waals surface area contributed by atoms with Crippen LogP contribution in [0.4, 0.5) is 0 Å². The van der Waals surface area contributed by atoms with Crippen molar-refractivity contribution >= 4 is 24.8 Å². The third-order valence-electron chi connectivity index (χ3n) is 3.06. The maximum atomic E-state index is 5.69. The van der Waals surface area contributed by atoms with Crippen LogP contribution in [-0.4, -0.2) is 49.3 Å². The summed E-state index contributed by atoms with van der Waals surface area (Å²) in [5.74, 6) is 0.830. The lowest BCUT2D eigenvalue weighted by molar-refractivity contribution is 0.111. The number of hydrogen-bond acceptors (Lipinski definition) is 4. The predicted octanol–water partition coefficient (Wildman–Crippen LogP) is 2.02. The predicted molar refractivity (Wildman–Crippen MR) is 76.1 cm³/mol. The van der Waals surface area contributed by atoms with Gasteiger partial charge in [-0.05, 0) is 25.6 Å². The second kappa shape index (κ2) is 8.53. The molecule has 4 nitrogen and oxygen atoms in total. The van der Waals surface area contributed by atoms with Crippen LogP contribution >= 0.6 is 24.8 Å². The van der Waals surface area contributed by atoms with Gasteiger partial charge in [0.15, 0.2) is 0 Å². The van der Waals surface area contributed by atoms with E-state index in [4.69, 9.17) is 9.47 Å². The van der Waals surface area contributed by atoms with Gasteiger partial charge in [0.1, 0.15) is 12.4 Å². The number of methoxy groups -OCH3 is 1. The van der Waals surface area contributed by atoms with Crippen LogP contribution < -0.4 is 4.74 Å². The molecule has 0 radical (unpaired) electrons. The number of halogens is 2. The molecule has 0 aliphatic carbocycles. The van der Waals surface area contributed by atoms with Crippen molar-refractivity contribution in [1.29, 1.82) is 0 Å². The number of likely N-dealkylation sites (tertiary alicyclic amines) is 1. The summed E-state index contributed by atoms with van der Waals surface area (Å²) in [7, 11) is 3.87. The molecule has 2 atom stereocenters. The van der Waals surface area contributed by atoms with Gasteiger partial charge in [0.25, 0.3) is 0 Å². The monoisotopic (exact) mass is 294 g/mol. The molecule has 0 amide bonds. The van der Waals surface area contributed by atoms with Crippen molar-refractivity contribution in [2.75, 3.05) is 27.3 Å². The van der Waals surface area contributed by atoms with Crippen LogP contribution in [0.1, 0.15) is 6.42 Å². The van der Waals surface area contributed by atoms with E-state index in [0.717, 1.165) is 18.7 Å². The molecular weight excluding hydrogens is 275 g/mol. The van der Waals surface area contributed by atoms with E-state index in [2.05, 4.69) is 16.9 Å². The summed E-state index contributed by atoms with van der Waals surface area (Å²) >= 11 is 0. The molecule has 1 aromatic heterocycles. The van der Waals surface area contributed by atoms with Crippen molar-refractivity contribution in [2.24, 2.45) is 0 Å².